The maximum absolute atomic E-state index is 12.8. The lowest BCUT2D eigenvalue weighted by molar-refractivity contribution is -0.0136. The zero-order chi connectivity index (χ0) is 22.3. The van der Waals surface area contributed by atoms with Crippen molar-refractivity contribution in [2.45, 2.75) is 56.9 Å². The summed E-state index contributed by atoms with van der Waals surface area (Å²) in [4.78, 5) is 38.4. The fourth-order valence-corrected chi connectivity index (χ4v) is 7.09. The molecule has 1 aromatic carbocycles. The van der Waals surface area contributed by atoms with Crippen LogP contribution in [-0.2, 0) is 0 Å². The SMILES string of the molecule is O=C(NCC1CCN(C(=O)c2cccc(C(=O)O)c2)CC1)NC12CC3CC(CC(C3)C1)C2. The average molecular weight is 440 g/mol. The number of carbonyl (C=O) groups excluding carboxylic acids is 2. The summed E-state index contributed by atoms with van der Waals surface area (Å²) in [5.41, 5.74) is 0.565. The number of likely N-dealkylation sites (tertiary alicyclic amines) is 1. The smallest absolute Gasteiger partial charge is 0.335 e. The lowest BCUT2D eigenvalue weighted by Gasteiger charge is -2.56. The quantitative estimate of drug-likeness (QED) is 0.654. The molecule has 1 aliphatic heterocycles. The molecular formula is C25H33N3O4. The van der Waals surface area contributed by atoms with E-state index in [1.165, 1.54) is 31.4 Å². The van der Waals surface area contributed by atoms with Crippen LogP contribution in [0.1, 0.15) is 72.1 Å². The maximum atomic E-state index is 12.8. The molecule has 0 atom stereocenters. The first-order valence-electron chi connectivity index (χ1n) is 12.1. The van der Waals surface area contributed by atoms with Gasteiger partial charge < -0.3 is 20.6 Å². The molecule has 5 aliphatic rings. The minimum Gasteiger partial charge on any atom is -0.478 e. The molecule has 6 rings (SSSR count). The Bertz CT molecular complexity index is 871. The van der Waals surface area contributed by atoms with Gasteiger partial charge in [0.1, 0.15) is 0 Å². The number of benzene rings is 1. The van der Waals surface area contributed by atoms with Crippen LogP contribution in [0.3, 0.4) is 0 Å². The van der Waals surface area contributed by atoms with Gasteiger partial charge in [-0.2, -0.15) is 0 Å². The zero-order valence-corrected chi connectivity index (χ0v) is 18.5. The van der Waals surface area contributed by atoms with E-state index in [1.807, 2.05) is 0 Å². The van der Waals surface area contributed by atoms with Crippen LogP contribution in [-0.4, -0.2) is 53.1 Å². The Morgan fingerprint density at radius 2 is 1.56 bits per heavy atom. The molecule has 32 heavy (non-hydrogen) atoms. The largest absolute Gasteiger partial charge is 0.478 e. The second-order valence-electron chi connectivity index (χ2n) is 10.7. The van der Waals surface area contributed by atoms with Crippen molar-refractivity contribution in [3.8, 4) is 0 Å². The minimum atomic E-state index is -1.03. The number of aromatic carboxylic acids is 1. The van der Waals surface area contributed by atoms with E-state index in [-0.39, 0.29) is 23.0 Å². The van der Waals surface area contributed by atoms with Crippen molar-refractivity contribution in [1.29, 1.82) is 0 Å². The van der Waals surface area contributed by atoms with E-state index in [4.69, 9.17) is 5.11 Å². The summed E-state index contributed by atoms with van der Waals surface area (Å²) in [7, 11) is 0. The lowest BCUT2D eigenvalue weighted by atomic mass is 9.53. The third kappa shape index (κ3) is 4.34. The van der Waals surface area contributed by atoms with Gasteiger partial charge in [0.2, 0.25) is 0 Å². The van der Waals surface area contributed by atoms with E-state index in [2.05, 4.69) is 10.6 Å². The molecule has 7 heteroatoms. The monoisotopic (exact) mass is 439 g/mol. The van der Waals surface area contributed by atoms with E-state index >= 15 is 0 Å². The zero-order valence-electron chi connectivity index (χ0n) is 18.5. The summed E-state index contributed by atoms with van der Waals surface area (Å²) in [5.74, 6) is 1.61. The Labute approximate surface area is 188 Å². The van der Waals surface area contributed by atoms with Crippen molar-refractivity contribution in [3.05, 3.63) is 35.4 Å². The molecule has 4 bridgehead atoms. The standard InChI is InChI=1S/C25H33N3O4/c29-22(20-2-1-3-21(11-20)23(30)31)28-6-4-16(5-7-28)15-26-24(32)27-25-12-17-8-18(13-25)10-19(9-17)14-25/h1-3,11,16-19H,4-10,12-15H2,(H,30,31)(H2,26,27,32). The number of rotatable bonds is 5. The number of carboxylic acid groups (broad SMARTS) is 1. The van der Waals surface area contributed by atoms with Crippen LogP contribution in [0.5, 0.6) is 0 Å². The van der Waals surface area contributed by atoms with Gasteiger partial charge in [-0.1, -0.05) is 6.07 Å². The normalized spacial score (nSPS) is 31.4. The van der Waals surface area contributed by atoms with Crippen LogP contribution >= 0.6 is 0 Å². The first-order valence-corrected chi connectivity index (χ1v) is 12.1. The van der Waals surface area contributed by atoms with E-state index in [0.29, 0.717) is 31.1 Å². The van der Waals surface area contributed by atoms with Crippen LogP contribution in [0, 0.1) is 23.7 Å². The Morgan fingerprint density at radius 3 is 2.16 bits per heavy atom. The highest BCUT2D eigenvalue weighted by atomic mass is 16.4. The van der Waals surface area contributed by atoms with Crippen LogP contribution in [0.2, 0.25) is 0 Å². The second-order valence-corrected chi connectivity index (χ2v) is 10.7. The predicted octanol–water partition coefficient (Wildman–Crippen LogP) is 3.51. The van der Waals surface area contributed by atoms with E-state index < -0.39 is 5.97 Å². The number of nitrogens with one attached hydrogen (secondary N) is 2. The third-order valence-electron chi connectivity index (χ3n) is 8.23. The molecule has 1 heterocycles. The second kappa shape index (κ2) is 8.41. The molecule has 5 fully saturated rings. The van der Waals surface area contributed by atoms with Gasteiger partial charge in [-0.3, -0.25) is 4.79 Å². The number of amides is 3. The summed E-state index contributed by atoms with van der Waals surface area (Å²) < 4.78 is 0. The molecule has 172 valence electrons. The van der Waals surface area contributed by atoms with Crippen LogP contribution in [0.4, 0.5) is 4.79 Å². The van der Waals surface area contributed by atoms with Crippen molar-refractivity contribution in [3.63, 3.8) is 0 Å². The van der Waals surface area contributed by atoms with Gasteiger partial charge in [0.15, 0.2) is 0 Å². The summed E-state index contributed by atoms with van der Waals surface area (Å²) in [5, 5.41) is 15.6. The molecule has 7 nitrogen and oxygen atoms in total. The van der Waals surface area contributed by atoms with Crippen LogP contribution in [0.15, 0.2) is 24.3 Å². The molecule has 0 radical (unpaired) electrons. The summed E-state index contributed by atoms with van der Waals surface area (Å²) in [6.45, 7) is 1.88. The first kappa shape index (κ1) is 21.3. The highest BCUT2D eigenvalue weighted by molar-refractivity contribution is 5.97. The fourth-order valence-electron chi connectivity index (χ4n) is 7.09. The number of urea groups is 1. The van der Waals surface area contributed by atoms with Gasteiger partial charge >= 0.3 is 12.0 Å². The first-order chi connectivity index (χ1) is 15.4. The van der Waals surface area contributed by atoms with Gasteiger partial charge in [0, 0.05) is 30.7 Å². The van der Waals surface area contributed by atoms with Gasteiger partial charge in [-0.25, -0.2) is 9.59 Å². The van der Waals surface area contributed by atoms with Crippen LogP contribution in [0.25, 0.3) is 0 Å². The number of nitrogens with zero attached hydrogens (tertiary/aromatic N) is 1. The molecule has 0 aromatic heterocycles. The topological polar surface area (TPSA) is 98.7 Å². The summed E-state index contributed by atoms with van der Waals surface area (Å²) in [6, 6.07) is 6.17. The van der Waals surface area contributed by atoms with Gasteiger partial charge in [-0.15, -0.1) is 0 Å². The fraction of sp³-hybridized carbons (Fsp3) is 0.640. The molecule has 0 spiro atoms. The summed E-state index contributed by atoms with van der Waals surface area (Å²) in [6.07, 6.45) is 9.20. The van der Waals surface area contributed by atoms with Gasteiger partial charge in [0.25, 0.3) is 5.91 Å². The number of piperidine rings is 1. The molecule has 1 aromatic rings. The van der Waals surface area contributed by atoms with Crippen molar-refractivity contribution < 1.29 is 19.5 Å². The molecule has 0 unspecified atom stereocenters. The molecule has 3 amide bonds. The molecule has 1 saturated heterocycles. The highest BCUT2D eigenvalue weighted by Gasteiger charge is 2.51. The average Bonchev–Trinajstić information content (AvgIpc) is 2.76. The number of carbonyl (C=O) groups is 3. The van der Waals surface area contributed by atoms with Gasteiger partial charge in [-0.05, 0) is 93.2 Å². The predicted molar refractivity (Wildman–Crippen MR) is 119 cm³/mol. The van der Waals surface area contributed by atoms with Crippen LogP contribution < -0.4 is 10.6 Å². The minimum absolute atomic E-state index is 0.0269. The molecule has 4 saturated carbocycles. The van der Waals surface area contributed by atoms with E-state index in [1.54, 1.807) is 17.0 Å². The Morgan fingerprint density at radius 1 is 0.969 bits per heavy atom. The number of carboxylic acids is 1. The summed E-state index contributed by atoms with van der Waals surface area (Å²) >= 11 is 0. The number of hydrogen-bond acceptors (Lipinski definition) is 3. The van der Waals surface area contributed by atoms with Crippen molar-refractivity contribution >= 4 is 17.9 Å². The Balaban J connectivity index is 1.08. The number of hydrogen-bond donors (Lipinski definition) is 3. The Hall–Kier alpha value is -2.57. The van der Waals surface area contributed by atoms with Crippen molar-refractivity contribution in [2.24, 2.45) is 23.7 Å². The van der Waals surface area contributed by atoms with Crippen molar-refractivity contribution in [1.82, 2.24) is 15.5 Å². The third-order valence-corrected chi connectivity index (χ3v) is 8.23. The molecular weight excluding hydrogens is 406 g/mol. The maximum Gasteiger partial charge on any atom is 0.335 e. The van der Waals surface area contributed by atoms with E-state index in [9.17, 15) is 14.4 Å². The lowest BCUT2D eigenvalue weighted by Crippen LogP contribution is -2.61. The highest BCUT2D eigenvalue weighted by Crippen LogP contribution is 2.55. The molecule has 3 N–H and O–H groups in total. The van der Waals surface area contributed by atoms with Gasteiger partial charge in [0.05, 0.1) is 5.56 Å². The van der Waals surface area contributed by atoms with Crippen molar-refractivity contribution in [2.75, 3.05) is 19.6 Å². The molecule has 4 aliphatic carbocycles. The van der Waals surface area contributed by atoms with E-state index in [0.717, 1.165) is 49.9 Å². The Kier molecular flexibility index (Phi) is 5.59.